The summed E-state index contributed by atoms with van der Waals surface area (Å²) >= 11 is 2.18. The lowest BCUT2D eigenvalue weighted by atomic mass is 10.00. The van der Waals surface area contributed by atoms with Crippen molar-refractivity contribution >= 4 is 22.6 Å². The van der Waals surface area contributed by atoms with Gasteiger partial charge in [-0.25, -0.2) is 4.39 Å². The summed E-state index contributed by atoms with van der Waals surface area (Å²) in [5.74, 6) is -0.247. The third-order valence-corrected chi connectivity index (χ3v) is 3.68. The SMILES string of the molecule is Cc1cc(C(O)c2ccccc2I)ccc1F. The minimum atomic E-state index is -0.706. The molecule has 0 fully saturated rings. The molecule has 0 amide bonds. The number of halogens is 2. The van der Waals surface area contributed by atoms with Crippen LogP contribution in [0.25, 0.3) is 0 Å². The lowest BCUT2D eigenvalue weighted by molar-refractivity contribution is 0.219. The Balaban J connectivity index is 2.40. The fourth-order valence-corrected chi connectivity index (χ4v) is 2.40. The van der Waals surface area contributed by atoms with Gasteiger partial charge in [-0.3, -0.25) is 0 Å². The maximum absolute atomic E-state index is 13.2. The van der Waals surface area contributed by atoms with Crippen molar-refractivity contribution in [3.05, 3.63) is 68.5 Å². The first-order chi connectivity index (χ1) is 8.09. The van der Waals surface area contributed by atoms with Gasteiger partial charge in [-0.2, -0.15) is 0 Å². The fraction of sp³-hybridized carbons (Fsp3) is 0.143. The van der Waals surface area contributed by atoms with Crippen LogP contribution in [0, 0.1) is 16.3 Å². The van der Waals surface area contributed by atoms with Crippen LogP contribution in [0.15, 0.2) is 42.5 Å². The Kier molecular flexibility index (Phi) is 3.79. The van der Waals surface area contributed by atoms with Gasteiger partial charge >= 0.3 is 0 Å². The van der Waals surface area contributed by atoms with E-state index in [-0.39, 0.29) is 5.82 Å². The van der Waals surface area contributed by atoms with E-state index in [0.717, 1.165) is 9.13 Å². The molecule has 0 aliphatic heterocycles. The predicted molar refractivity (Wildman–Crippen MR) is 74.4 cm³/mol. The molecule has 1 nitrogen and oxygen atoms in total. The second kappa shape index (κ2) is 5.14. The summed E-state index contributed by atoms with van der Waals surface area (Å²) < 4.78 is 14.2. The number of aliphatic hydroxyl groups excluding tert-OH is 1. The molecule has 0 aliphatic carbocycles. The van der Waals surface area contributed by atoms with Crippen molar-refractivity contribution in [2.45, 2.75) is 13.0 Å². The molecule has 88 valence electrons. The standard InChI is InChI=1S/C14H12FIO/c1-9-8-10(6-7-12(9)15)14(17)11-4-2-3-5-13(11)16/h2-8,14,17H,1H3. The number of aliphatic hydroxyl groups is 1. The number of aryl methyl sites for hydroxylation is 1. The molecule has 0 saturated heterocycles. The Hall–Kier alpha value is -0.940. The highest BCUT2D eigenvalue weighted by Crippen LogP contribution is 2.26. The van der Waals surface area contributed by atoms with E-state index in [9.17, 15) is 9.50 Å². The number of hydrogen-bond acceptors (Lipinski definition) is 1. The highest BCUT2D eigenvalue weighted by molar-refractivity contribution is 14.1. The zero-order valence-electron chi connectivity index (χ0n) is 9.32. The molecule has 1 atom stereocenters. The molecule has 1 N–H and O–H groups in total. The van der Waals surface area contributed by atoms with Gasteiger partial charge in [0.25, 0.3) is 0 Å². The van der Waals surface area contributed by atoms with Gasteiger partial charge in [0.2, 0.25) is 0 Å². The van der Waals surface area contributed by atoms with Crippen molar-refractivity contribution in [2.75, 3.05) is 0 Å². The Morgan fingerprint density at radius 1 is 1.18 bits per heavy atom. The van der Waals surface area contributed by atoms with Gasteiger partial charge in [0.15, 0.2) is 0 Å². The average Bonchev–Trinajstić information content (AvgIpc) is 2.32. The monoisotopic (exact) mass is 342 g/mol. The molecule has 0 spiro atoms. The van der Waals surface area contributed by atoms with E-state index in [1.54, 1.807) is 19.1 Å². The van der Waals surface area contributed by atoms with Crippen LogP contribution in [0.3, 0.4) is 0 Å². The number of hydrogen-bond donors (Lipinski definition) is 1. The predicted octanol–water partition coefficient (Wildman–Crippen LogP) is 3.82. The fourth-order valence-electron chi connectivity index (χ4n) is 1.71. The van der Waals surface area contributed by atoms with E-state index in [1.165, 1.54) is 6.07 Å². The third-order valence-electron chi connectivity index (χ3n) is 2.70. The summed E-state index contributed by atoms with van der Waals surface area (Å²) in [6, 6.07) is 12.3. The van der Waals surface area contributed by atoms with Crippen molar-refractivity contribution in [1.29, 1.82) is 0 Å². The Morgan fingerprint density at radius 2 is 1.88 bits per heavy atom. The van der Waals surface area contributed by atoms with E-state index >= 15 is 0 Å². The number of benzene rings is 2. The molecule has 0 aliphatic rings. The van der Waals surface area contributed by atoms with Gasteiger partial charge in [0.05, 0.1) is 0 Å². The smallest absolute Gasteiger partial charge is 0.126 e. The highest BCUT2D eigenvalue weighted by atomic mass is 127. The molecule has 0 radical (unpaired) electrons. The quantitative estimate of drug-likeness (QED) is 0.823. The molecule has 3 heteroatoms. The summed E-state index contributed by atoms with van der Waals surface area (Å²) in [7, 11) is 0. The maximum atomic E-state index is 13.2. The normalized spacial score (nSPS) is 12.5. The first-order valence-electron chi connectivity index (χ1n) is 5.28. The minimum Gasteiger partial charge on any atom is -0.384 e. The molecule has 2 rings (SSSR count). The molecule has 1 unspecified atom stereocenters. The Labute approximate surface area is 113 Å². The van der Waals surface area contributed by atoms with E-state index < -0.39 is 6.10 Å². The van der Waals surface area contributed by atoms with Crippen molar-refractivity contribution < 1.29 is 9.50 Å². The van der Waals surface area contributed by atoms with E-state index in [0.29, 0.717) is 11.1 Å². The van der Waals surface area contributed by atoms with Crippen molar-refractivity contribution in [1.82, 2.24) is 0 Å². The van der Waals surface area contributed by atoms with Crippen molar-refractivity contribution in [2.24, 2.45) is 0 Å². The van der Waals surface area contributed by atoms with Crippen LogP contribution in [0.5, 0.6) is 0 Å². The van der Waals surface area contributed by atoms with Crippen molar-refractivity contribution in [3.8, 4) is 0 Å². The lowest BCUT2D eigenvalue weighted by Crippen LogP contribution is -2.02. The van der Waals surface area contributed by atoms with Gasteiger partial charge in [0.1, 0.15) is 11.9 Å². The summed E-state index contributed by atoms with van der Waals surface area (Å²) in [5, 5.41) is 10.3. The molecule has 0 bridgehead atoms. The highest BCUT2D eigenvalue weighted by Gasteiger charge is 2.13. The van der Waals surface area contributed by atoms with E-state index in [4.69, 9.17) is 0 Å². The average molecular weight is 342 g/mol. The zero-order valence-corrected chi connectivity index (χ0v) is 11.5. The van der Waals surface area contributed by atoms with Crippen LogP contribution < -0.4 is 0 Å². The van der Waals surface area contributed by atoms with Gasteiger partial charge in [-0.1, -0.05) is 30.3 Å². The molecular weight excluding hydrogens is 330 g/mol. The van der Waals surface area contributed by atoms with E-state index in [1.807, 2.05) is 24.3 Å². The molecule has 2 aromatic carbocycles. The molecule has 0 aromatic heterocycles. The topological polar surface area (TPSA) is 20.2 Å². The summed E-state index contributed by atoms with van der Waals surface area (Å²) in [6.07, 6.45) is -0.706. The summed E-state index contributed by atoms with van der Waals surface area (Å²) in [6.45, 7) is 1.70. The molecule has 0 saturated carbocycles. The third kappa shape index (κ3) is 2.66. The Bertz CT molecular complexity index is 539. The largest absolute Gasteiger partial charge is 0.384 e. The number of rotatable bonds is 2. The van der Waals surface area contributed by atoms with Gasteiger partial charge in [0, 0.05) is 3.57 Å². The second-order valence-corrected chi connectivity index (χ2v) is 5.09. The van der Waals surface area contributed by atoms with Crippen molar-refractivity contribution in [3.63, 3.8) is 0 Å². The van der Waals surface area contributed by atoms with Crippen LogP contribution in [-0.2, 0) is 0 Å². The van der Waals surface area contributed by atoms with Crippen LogP contribution in [0.2, 0.25) is 0 Å². The Morgan fingerprint density at radius 3 is 2.53 bits per heavy atom. The minimum absolute atomic E-state index is 0.247. The van der Waals surface area contributed by atoms with Crippen LogP contribution in [-0.4, -0.2) is 5.11 Å². The van der Waals surface area contributed by atoms with Gasteiger partial charge in [-0.15, -0.1) is 0 Å². The van der Waals surface area contributed by atoms with Gasteiger partial charge < -0.3 is 5.11 Å². The van der Waals surface area contributed by atoms with Crippen LogP contribution >= 0.6 is 22.6 Å². The lowest BCUT2D eigenvalue weighted by Gasteiger charge is -2.14. The molecular formula is C14H12FIO. The van der Waals surface area contributed by atoms with E-state index in [2.05, 4.69) is 22.6 Å². The maximum Gasteiger partial charge on any atom is 0.126 e. The van der Waals surface area contributed by atoms with Gasteiger partial charge in [-0.05, 0) is 58.3 Å². The molecule has 0 heterocycles. The summed E-state index contributed by atoms with van der Waals surface area (Å²) in [4.78, 5) is 0. The zero-order chi connectivity index (χ0) is 12.4. The van der Waals surface area contributed by atoms with Crippen LogP contribution in [0.1, 0.15) is 22.8 Å². The second-order valence-electron chi connectivity index (χ2n) is 3.93. The molecule has 17 heavy (non-hydrogen) atoms. The first-order valence-corrected chi connectivity index (χ1v) is 6.36. The summed E-state index contributed by atoms with van der Waals surface area (Å²) in [5.41, 5.74) is 2.11. The molecule has 2 aromatic rings. The van der Waals surface area contributed by atoms with Crippen LogP contribution in [0.4, 0.5) is 4.39 Å². The first kappa shape index (κ1) is 12.5.